The molecule has 8 heteroatoms. The molecule has 2 aromatic carbocycles. The van der Waals surface area contributed by atoms with E-state index in [9.17, 15) is 9.59 Å². The van der Waals surface area contributed by atoms with Crippen LogP contribution in [0.1, 0.15) is 34.3 Å². The number of hydrogen-bond acceptors (Lipinski definition) is 6. The first kappa shape index (κ1) is 25.0. The van der Waals surface area contributed by atoms with Gasteiger partial charge < -0.3 is 20.1 Å². The van der Waals surface area contributed by atoms with E-state index in [4.69, 9.17) is 26.8 Å². The number of ether oxygens (including phenoxy) is 2. The van der Waals surface area contributed by atoms with Crippen LogP contribution < -0.4 is 10.5 Å². The number of nitrogen functional groups attached to an aromatic ring is 1. The van der Waals surface area contributed by atoms with Gasteiger partial charge in [0.1, 0.15) is 17.7 Å². The van der Waals surface area contributed by atoms with Crippen LogP contribution in [0.25, 0.3) is 17.2 Å². The Morgan fingerprint density at radius 2 is 1.86 bits per heavy atom. The maximum atomic E-state index is 12.8. The first-order chi connectivity index (χ1) is 18.0. The van der Waals surface area contributed by atoms with Crippen LogP contribution in [0.4, 0.5) is 5.82 Å². The van der Waals surface area contributed by atoms with Crippen LogP contribution in [0.3, 0.4) is 0 Å². The summed E-state index contributed by atoms with van der Waals surface area (Å²) in [4.78, 5) is 31.0. The van der Waals surface area contributed by atoms with Gasteiger partial charge in [0, 0.05) is 53.8 Å². The highest BCUT2D eigenvalue weighted by molar-refractivity contribution is 6.31. The van der Waals surface area contributed by atoms with E-state index >= 15 is 0 Å². The highest BCUT2D eigenvalue weighted by atomic mass is 35.5. The van der Waals surface area contributed by atoms with E-state index in [0.29, 0.717) is 62.0 Å². The average Bonchev–Trinajstić information content (AvgIpc) is 3.37. The number of fused-ring (bicyclic) bond motifs is 1. The monoisotopic (exact) mass is 517 g/mol. The first-order valence-corrected chi connectivity index (χ1v) is 12.7. The van der Waals surface area contributed by atoms with Gasteiger partial charge in [-0.1, -0.05) is 23.7 Å². The molecule has 0 saturated carbocycles. The van der Waals surface area contributed by atoms with Gasteiger partial charge in [-0.2, -0.15) is 0 Å². The molecular formula is C29H28ClN3O4. The van der Waals surface area contributed by atoms with Gasteiger partial charge in [0.25, 0.3) is 5.91 Å². The second-order valence-corrected chi connectivity index (χ2v) is 9.59. The van der Waals surface area contributed by atoms with Gasteiger partial charge in [-0.15, -0.1) is 0 Å². The van der Waals surface area contributed by atoms with E-state index in [-0.39, 0.29) is 17.8 Å². The molecule has 37 heavy (non-hydrogen) atoms. The standard InChI is InChI=1S/C29H28ClN3O4/c30-26-11-10-24(20-3-5-21(6-4-20)29(35)33-13-15-36-16-14-33)28-25(26)17-23(37-28)9-8-22(34)7-1-19-2-12-27(31)32-18-19/h1-7,10-12,18,23H,8-9,13-17H2,(H2,31,32)/b7-1+. The number of nitrogens with zero attached hydrogens (tertiary/aromatic N) is 2. The molecule has 3 aromatic rings. The van der Waals surface area contributed by atoms with Crippen LogP contribution in [0.15, 0.2) is 60.8 Å². The van der Waals surface area contributed by atoms with Crippen molar-refractivity contribution in [3.8, 4) is 16.9 Å². The summed E-state index contributed by atoms with van der Waals surface area (Å²) in [7, 11) is 0. The number of halogens is 1. The molecule has 3 heterocycles. The lowest BCUT2D eigenvalue weighted by molar-refractivity contribution is -0.115. The second-order valence-electron chi connectivity index (χ2n) is 9.18. The van der Waals surface area contributed by atoms with E-state index in [2.05, 4.69) is 4.98 Å². The summed E-state index contributed by atoms with van der Waals surface area (Å²) in [5, 5.41) is 0.655. The van der Waals surface area contributed by atoms with Crippen LogP contribution in [0.2, 0.25) is 5.02 Å². The van der Waals surface area contributed by atoms with Crippen molar-refractivity contribution in [2.45, 2.75) is 25.4 Å². The third kappa shape index (κ3) is 5.84. The Kier molecular flexibility index (Phi) is 7.53. The van der Waals surface area contributed by atoms with E-state index in [1.807, 2.05) is 47.4 Å². The van der Waals surface area contributed by atoms with Crippen molar-refractivity contribution < 1.29 is 19.1 Å². The summed E-state index contributed by atoms with van der Waals surface area (Å²) in [5.41, 5.74) is 9.89. The maximum Gasteiger partial charge on any atom is 0.254 e. The zero-order valence-electron chi connectivity index (χ0n) is 20.4. The van der Waals surface area contributed by atoms with Crippen molar-refractivity contribution in [2.24, 2.45) is 0 Å². The number of ketones is 1. The van der Waals surface area contributed by atoms with Gasteiger partial charge in [0.05, 0.1) is 13.2 Å². The number of morpholine rings is 1. The molecule has 1 unspecified atom stereocenters. The molecule has 0 bridgehead atoms. The van der Waals surface area contributed by atoms with E-state index in [1.54, 1.807) is 24.4 Å². The lowest BCUT2D eigenvalue weighted by Crippen LogP contribution is -2.40. The third-order valence-electron chi connectivity index (χ3n) is 6.64. The van der Waals surface area contributed by atoms with Crippen LogP contribution in [-0.4, -0.2) is 54.0 Å². The van der Waals surface area contributed by atoms with Crippen LogP contribution in [0.5, 0.6) is 5.75 Å². The Bertz CT molecular complexity index is 1320. The van der Waals surface area contributed by atoms with Crippen LogP contribution >= 0.6 is 11.6 Å². The summed E-state index contributed by atoms with van der Waals surface area (Å²) in [6, 6.07) is 14.9. The molecule has 7 nitrogen and oxygen atoms in total. The molecule has 1 saturated heterocycles. The van der Waals surface area contributed by atoms with Gasteiger partial charge in [-0.05, 0) is 66.1 Å². The second kappa shape index (κ2) is 11.2. The minimum absolute atomic E-state index is 0.0128. The van der Waals surface area contributed by atoms with Gasteiger partial charge in [0.2, 0.25) is 0 Å². The fraction of sp³-hybridized carbons (Fsp3) is 0.276. The third-order valence-corrected chi connectivity index (χ3v) is 7.00. The number of amides is 1. The summed E-state index contributed by atoms with van der Waals surface area (Å²) in [6.07, 6.45) is 6.39. The highest BCUT2D eigenvalue weighted by Crippen LogP contribution is 2.43. The number of rotatable bonds is 7. The zero-order chi connectivity index (χ0) is 25.8. The SMILES string of the molecule is Nc1ccc(/C=C/C(=O)CCC2Cc3c(Cl)ccc(-c4ccc(C(=O)N5CCOCC5)cc4)c3O2)cn1. The number of benzene rings is 2. The van der Waals surface area contributed by atoms with Crippen molar-refractivity contribution in [3.63, 3.8) is 0 Å². The first-order valence-electron chi connectivity index (χ1n) is 12.4. The van der Waals surface area contributed by atoms with Gasteiger partial charge in [-0.25, -0.2) is 4.98 Å². The molecular weight excluding hydrogens is 490 g/mol. The van der Waals surface area contributed by atoms with Crippen molar-refractivity contribution in [2.75, 3.05) is 32.0 Å². The number of anilines is 1. The molecule has 190 valence electrons. The molecule has 1 aromatic heterocycles. The summed E-state index contributed by atoms with van der Waals surface area (Å²) in [5.74, 6) is 1.22. The zero-order valence-corrected chi connectivity index (χ0v) is 21.1. The van der Waals surface area contributed by atoms with Gasteiger partial charge in [-0.3, -0.25) is 9.59 Å². The Balaban J connectivity index is 1.23. The van der Waals surface area contributed by atoms with Crippen LogP contribution in [0, 0.1) is 0 Å². The Labute approximate surface area is 220 Å². The maximum absolute atomic E-state index is 12.8. The summed E-state index contributed by atoms with van der Waals surface area (Å²) in [6.45, 7) is 2.36. The number of carbonyl (C=O) groups is 2. The predicted octanol–water partition coefficient (Wildman–Crippen LogP) is 4.82. The molecule has 1 fully saturated rings. The Hall–Kier alpha value is -3.68. The molecule has 2 N–H and O–H groups in total. The number of aromatic nitrogens is 1. The molecule has 2 aliphatic rings. The summed E-state index contributed by atoms with van der Waals surface area (Å²) >= 11 is 6.51. The lowest BCUT2D eigenvalue weighted by Gasteiger charge is -2.26. The van der Waals surface area contributed by atoms with Crippen molar-refractivity contribution >= 4 is 35.2 Å². The Morgan fingerprint density at radius 1 is 1.08 bits per heavy atom. The normalized spacial score (nSPS) is 17.0. The van der Waals surface area contributed by atoms with Gasteiger partial charge >= 0.3 is 0 Å². The van der Waals surface area contributed by atoms with Crippen molar-refractivity contribution in [1.29, 1.82) is 0 Å². The average molecular weight is 518 g/mol. The molecule has 5 rings (SSSR count). The fourth-order valence-electron chi connectivity index (χ4n) is 4.59. The molecule has 0 radical (unpaired) electrons. The smallest absolute Gasteiger partial charge is 0.254 e. The number of pyridine rings is 1. The molecule has 2 aliphatic heterocycles. The lowest BCUT2D eigenvalue weighted by atomic mass is 9.98. The van der Waals surface area contributed by atoms with Crippen LogP contribution in [-0.2, 0) is 16.0 Å². The molecule has 1 amide bonds. The minimum Gasteiger partial charge on any atom is -0.489 e. The van der Waals surface area contributed by atoms with E-state index < -0.39 is 0 Å². The molecule has 0 aliphatic carbocycles. The fourth-order valence-corrected chi connectivity index (χ4v) is 4.81. The predicted molar refractivity (Wildman–Crippen MR) is 144 cm³/mol. The van der Waals surface area contributed by atoms with E-state index in [1.165, 1.54) is 0 Å². The summed E-state index contributed by atoms with van der Waals surface area (Å²) < 4.78 is 11.6. The van der Waals surface area contributed by atoms with Crippen molar-refractivity contribution in [3.05, 3.63) is 82.5 Å². The topological polar surface area (TPSA) is 94.8 Å². The number of allylic oxidation sites excluding steroid dienone is 1. The number of carbonyl (C=O) groups excluding carboxylic acids is 2. The number of nitrogens with two attached hydrogens (primary N) is 1. The molecule has 1 atom stereocenters. The largest absolute Gasteiger partial charge is 0.489 e. The Morgan fingerprint density at radius 3 is 2.59 bits per heavy atom. The quantitative estimate of drug-likeness (QED) is 0.451. The highest BCUT2D eigenvalue weighted by Gasteiger charge is 2.28. The van der Waals surface area contributed by atoms with E-state index in [0.717, 1.165) is 28.0 Å². The minimum atomic E-state index is -0.133. The molecule has 0 spiro atoms. The van der Waals surface area contributed by atoms with Crippen molar-refractivity contribution in [1.82, 2.24) is 9.88 Å². The number of hydrogen-bond donors (Lipinski definition) is 1. The van der Waals surface area contributed by atoms with Gasteiger partial charge in [0.15, 0.2) is 5.78 Å².